The summed E-state index contributed by atoms with van der Waals surface area (Å²) < 4.78 is 3.24. The molecule has 0 bridgehead atoms. The minimum atomic E-state index is -0.382. The number of benzene rings is 2. The van der Waals surface area contributed by atoms with Gasteiger partial charge in [-0.1, -0.05) is 67.0 Å². The highest BCUT2D eigenvalue weighted by atomic mass is 79.9. The van der Waals surface area contributed by atoms with E-state index >= 15 is 0 Å². The minimum absolute atomic E-state index is 0.184. The van der Waals surface area contributed by atoms with Crippen molar-refractivity contribution in [3.63, 3.8) is 0 Å². The molecule has 2 aromatic carbocycles. The summed E-state index contributed by atoms with van der Waals surface area (Å²) in [5.41, 5.74) is 2.74. The van der Waals surface area contributed by atoms with E-state index < -0.39 is 0 Å². The number of ketones is 1. The van der Waals surface area contributed by atoms with Crippen LogP contribution in [0.2, 0.25) is 0 Å². The van der Waals surface area contributed by atoms with E-state index in [4.69, 9.17) is 0 Å². The van der Waals surface area contributed by atoms with E-state index in [0.29, 0.717) is 0 Å². The average Bonchev–Trinajstić information content (AvgIpc) is 2.87. The molecule has 0 saturated carbocycles. The zero-order valence-electron chi connectivity index (χ0n) is 13.6. The van der Waals surface area contributed by atoms with Crippen LogP contribution < -0.4 is 0 Å². The van der Waals surface area contributed by atoms with E-state index in [1.807, 2.05) is 57.3 Å². The number of halogens is 1. The summed E-state index contributed by atoms with van der Waals surface area (Å²) in [5, 5.41) is 1.03. The molecular formula is C20H20BrNO. The van der Waals surface area contributed by atoms with E-state index in [-0.39, 0.29) is 11.2 Å². The predicted molar refractivity (Wildman–Crippen MR) is 99.0 cm³/mol. The summed E-state index contributed by atoms with van der Waals surface area (Å²) in [6, 6.07) is 16.4. The van der Waals surface area contributed by atoms with Crippen LogP contribution in [-0.2, 0) is 6.54 Å². The molecule has 0 atom stereocenters. The van der Waals surface area contributed by atoms with Crippen molar-refractivity contribution < 1.29 is 4.79 Å². The fraction of sp³-hybridized carbons (Fsp3) is 0.250. The van der Waals surface area contributed by atoms with Gasteiger partial charge in [0.05, 0.1) is 0 Å². The van der Waals surface area contributed by atoms with Gasteiger partial charge in [0.25, 0.3) is 0 Å². The first-order valence-corrected chi connectivity index (χ1v) is 8.53. The van der Waals surface area contributed by atoms with E-state index in [2.05, 4.69) is 38.7 Å². The van der Waals surface area contributed by atoms with Crippen molar-refractivity contribution in [2.24, 2.45) is 5.41 Å². The van der Waals surface area contributed by atoms with Gasteiger partial charge in [0.15, 0.2) is 5.78 Å². The predicted octanol–water partition coefficient (Wildman–Crippen LogP) is 5.68. The fourth-order valence-electron chi connectivity index (χ4n) is 2.75. The molecule has 0 N–H and O–H groups in total. The molecule has 1 aromatic heterocycles. The molecule has 3 rings (SSSR count). The van der Waals surface area contributed by atoms with Crippen molar-refractivity contribution in [3.05, 3.63) is 70.3 Å². The molecule has 0 aliphatic rings. The molecule has 0 amide bonds. The molecule has 118 valence electrons. The number of hydrogen-bond acceptors (Lipinski definition) is 1. The van der Waals surface area contributed by atoms with Gasteiger partial charge in [0.2, 0.25) is 0 Å². The number of nitrogens with zero attached hydrogens (tertiary/aromatic N) is 1. The van der Waals surface area contributed by atoms with E-state index in [9.17, 15) is 4.79 Å². The van der Waals surface area contributed by atoms with Gasteiger partial charge < -0.3 is 4.57 Å². The van der Waals surface area contributed by atoms with Crippen LogP contribution in [0.1, 0.15) is 36.7 Å². The zero-order chi connectivity index (χ0) is 16.6. The lowest BCUT2D eigenvalue weighted by molar-refractivity contribution is 0.0860. The number of carbonyl (C=O) groups is 1. The van der Waals surface area contributed by atoms with Gasteiger partial charge >= 0.3 is 0 Å². The monoisotopic (exact) mass is 369 g/mol. The summed E-state index contributed by atoms with van der Waals surface area (Å²) in [6.45, 7) is 6.66. The van der Waals surface area contributed by atoms with Gasteiger partial charge in [-0.25, -0.2) is 0 Å². The second-order valence-corrected chi connectivity index (χ2v) is 7.81. The van der Waals surface area contributed by atoms with Crippen molar-refractivity contribution in [1.82, 2.24) is 4.57 Å². The smallest absolute Gasteiger partial charge is 0.170 e. The van der Waals surface area contributed by atoms with E-state index in [1.54, 1.807) is 0 Å². The Morgan fingerprint density at radius 3 is 2.35 bits per heavy atom. The number of Topliss-reactive ketones (excluding diaryl/α,β-unsaturated/α-hetero) is 1. The molecule has 1 heterocycles. The summed E-state index contributed by atoms with van der Waals surface area (Å²) in [5.74, 6) is 0.184. The highest BCUT2D eigenvalue weighted by Crippen LogP contribution is 2.29. The van der Waals surface area contributed by atoms with Crippen LogP contribution in [0, 0.1) is 5.41 Å². The number of para-hydroxylation sites is 1. The lowest BCUT2D eigenvalue weighted by atomic mass is 9.86. The quantitative estimate of drug-likeness (QED) is 0.544. The molecule has 3 aromatic rings. The van der Waals surface area contributed by atoms with Crippen molar-refractivity contribution in [2.45, 2.75) is 27.3 Å². The van der Waals surface area contributed by atoms with Crippen LogP contribution >= 0.6 is 15.9 Å². The third-order valence-electron chi connectivity index (χ3n) is 3.98. The third-order valence-corrected chi connectivity index (χ3v) is 4.51. The summed E-state index contributed by atoms with van der Waals surface area (Å²) in [4.78, 5) is 12.8. The van der Waals surface area contributed by atoms with Crippen LogP contribution in [0.15, 0.2) is 59.2 Å². The van der Waals surface area contributed by atoms with Crippen molar-refractivity contribution in [1.29, 1.82) is 0 Å². The van der Waals surface area contributed by atoms with Gasteiger partial charge in [-0.15, -0.1) is 0 Å². The summed E-state index contributed by atoms with van der Waals surface area (Å²) >= 11 is 3.46. The fourth-order valence-corrected chi connectivity index (χ4v) is 3.01. The lowest BCUT2D eigenvalue weighted by Crippen LogP contribution is -2.19. The highest BCUT2D eigenvalue weighted by molar-refractivity contribution is 9.10. The Bertz CT molecular complexity index is 853. The van der Waals surface area contributed by atoms with E-state index in [0.717, 1.165) is 27.5 Å². The molecule has 0 radical (unpaired) electrons. The van der Waals surface area contributed by atoms with Crippen LogP contribution in [0.3, 0.4) is 0 Å². The molecule has 0 saturated heterocycles. The highest BCUT2D eigenvalue weighted by Gasteiger charge is 2.26. The molecule has 0 spiro atoms. The number of fused-ring (bicyclic) bond motifs is 1. The van der Waals surface area contributed by atoms with Crippen LogP contribution in [0.4, 0.5) is 0 Å². The second kappa shape index (κ2) is 5.97. The van der Waals surface area contributed by atoms with Gasteiger partial charge in [-0.05, 0) is 23.8 Å². The van der Waals surface area contributed by atoms with Crippen molar-refractivity contribution in [3.8, 4) is 0 Å². The maximum Gasteiger partial charge on any atom is 0.170 e. The Balaban J connectivity index is 2.08. The third kappa shape index (κ3) is 3.25. The maximum atomic E-state index is 12.8. The number of hydrogen-bond donors (Lipinski definition) is 0. The molecule has 23 heavy (non-hydrogen) atoms. The molecule has 0 aliphatic heterocycles. The van der Waals surface area contributed by atoms with Crippen LogP contribution in [-0.4, -0.2) is 10.4 Å². The molecular weight excluding hydrogens is 350 g/mol. The molecule has 0 fully saturated rings. The normalized spacial score (nSPS) is 11.8. The Morgan fingerprint density at radius 2 is 1.70 bits per heavy atom. The molecule has 0 unspecified atom stereocenters. The molecule has 3 heteroatoms. The first kappa shape index (κ1) is 16.0. The second-order valence-electron chi connectivity index (χ2n) is 6.89. The average molecular weight is 370 g/mol. The van der Waals surface area contributed by atoms with Gasteiger partial charge in [0, 0.05) is 39.1 Å². The Morgan fingerprint density at radius 1 is 1.04 bits per heavy atom. The Hall–Kier alpha value is -1.87. The Kier molecular flexibility index (Phi) is 4.15. The number of aromatic nitrogens is 1. The summed E-state index contributed by atoms with van der Waals surface area (Å²) in [6.07, 6.45) is 2.00. The van der Waals surface area contributed by atoms with Gasteiger partial charge in [0.1, 0.15) is 0 Å². The standard InChI is InChI=1S/C20H20BrNO/c1-20(2,3)19(23)17-13-22(18-7-5-4-6-16(17)18)12-14-8-10-15(21)11-9-14/h4-11,13H,12H2,1-3H3. The first-order chi connectivity index (χ1) is 10.9. The largest absolute Gasteiger partial charge is 0.342 e. The zero-order valence-corrected chi connectivity index (χ0v) is 15.2. The first-order valence-electron chi connectivity index (χ1n) is 7.73. The SMILES string of the molecule is CC(C)(C)C(=O)c1cn(Cc2ccc(Br)cc2)c2ccccc12. The summed E-state index contributed by atoms with van der Waals surface area (Å²) in [7, 11) is 0. The minimum Gasteiger partial charge on any atom is -0.342 e. The molecule has 2 nitrogen and oxygen atoms in total. The van der Waals surface area contributed by atoms with Crippen molar-refractivity contribution in [2.75, 3.05) is 0 Å². The van der Waals surface area contributed by atoms with Crippen LogP contribution in [0.25, 0.3) is 10.9 Å². The topological polar surface area (TPSA) is 22.0 Å². The number of rotatable bonds is 3. The van der Waals surface area contributed by atoms with Gasteiger partial charge in [-0.3, -0.25) is 4.79 Å². The lowest BCUT2D eigenvalue weighted by Gasteiger charge is -2.15. The number of carbonyl (C=O) groups excluding carboxylic acids is 1. The molecule has 0 aliphatic carbocycles. The van der Waals surface area contributed by atoms with Crippen LogP contribution in [0.5, 0.6) is 0 Å². The van der Waals surface area contributed by atoms with Crippen molar-refractivity contribution >= 4 is 32.6 Å². The van der Waals surface area contributed by atoms with Gasteiger partial charge in [-0.2, -0.15) is 0 Å². The maximum absolute atomic E-state index is 12.8. The Labute approximate surface area is 145 Å². The van der Waals surface area contributed by atoms with E-state index in [1.165, 1.54) is 5.56 Å².